The lowest BCUT2D eigenvalue weighted by Gasteiger charge is -2.34. The Morgan fingerprint density at radius 1 is 1.59 bits per heavy atom. The predicted octanol–water partition coefficient (Wildman–Crippen LogP) is -0.921. The average molecular weight is 243 g/mol. The maximum Gasteiger partial charge on any atom is 0.317 e. The summed E-state index contributed by atoms with van der Waals surface area (Å²) in [6, 6.07) is -1.16. The van der Waals surface area contributed by atoms with Gasteiger partial charge in [0.05, 0.1) is 13.0 Å². The van der Waals surface area contributed by atoms with Crippen molar-refractivity contribution in [1.82, 2.24) is 15.5 Å². The van der Waals surface area contributed by atoms with E-state index < -0.39 is 12.0 Å². The van der Waals surface area contributed by atoms with E-state index in [4.69, 9.17) is 4.74 Å². The second-order valence-electron chi connectivity index (χ2n) is 3.56. The van der Waals surface area contributed by atoms with Crippen molar-refractivity contribution < 1.29 is 19.1 Å². The van der Waals surface area contributed by atoms with E-state index in [2.05, 4.69) is 10.6 Å². The fourth-order valence-electron chi connectivity index (χ4n) is 1.68. The third-order valence-electron chi connectivity index (χ3n) is 2.47. The molecule has 1 heterocycles. The molecule has 0 aromatic carbocycles. The number of ether oxygens (including phenoxy) is 1. The molecule has 0 aromatic rings. The molecule has 3 amide bonds. The summed E-state index contributed by atoms with van der Waals surface area (Å²) >= 11 is 0. The van der Waals surface area contributed by atoms with E-state index >= 15 is 0 Å². The van der Waals surface area contributed by atoms with Crippen LogP contribution < -0.4 is 10.6 Å². The van der Waals surface area contributed by atoms with Gasteiger partial charge in [-0.15, -0.1) is 0 Å². The van der Waals surface area contributed by atoms with Crippen LogP contribution in [0.15, 0.2) is 0 Å². The van der Waals surface area contributed by atoms with Crippen LogP contribution in [0.5, 0.6) is 0 Å². The van der Waals surface area contributed by atoms with E-state index in [1.165, 1.54) is 11.9 Å². The van der Waals surface area contributed by atoms with Gasteiger partial charge in [0, 0.05) is 20.1 Å². The molecule has 7 nitrogen and oxygen atoms in total. The highest BCUT2D eigenvalue weighted by molar-refractivity contribution is 5.91. The van der Waals surface area contributed by atoms with E-state index in [0.717, 1.165) is 0 Å². The molecule has 17 heavy (non-hydrogen) atoms. The Morgan fingerprint density at radius 2 is 2.29 bits per heavy atom. The number of nitrogens with one attached hydrogen (secondary N) is 2. The molecule has 7 heteroatoms. The monoisotopic (exact) mass is 243 g/mol. The number of hydrogen-bond acceptors (Lipinski definition) is 4. The van der Waals surface area contributed by atoms with Crippen LogP contribution in [0.1, 0.15) is 13.3 Å². The summed E-state index contributed by atoms with van der Waals surface area (Å²) in [4.78, 5) is 35.9. The van der Waals surface area contributed by atoms with Crippen LogP contribution in [0, 0.1) is 0 Å². The second kappa shape index (κ2) is 6.07. The van der Waals surface area contributed by atoms with Crippen molar-refractivity contribution >= 4 is 17.9 Å². The topological polar surface area (TPSA) is 87.7 Å². The molecule has 1 rings (SSSR count). The van der Waals surface area contributed by atoms with Crippen LogP contribution >= 0.6 is 0 Å². The number of nitrogens with zero attached hydrogens (tertiary/aromatic N) is 1. The van der Waals surface area contributed by atoms with Gasteiger partial charge in [0.1, 0.15) is 6.04 Å². The van der Waals surface area contributed by atoms with Gasteiger partial charge in [0.25, 0.3) is 0 Å². The van der Waals surface area contributed by atoms with Crippen molar-refractivity contribution in [2.45, 2.75) is 19.4 Å². The molecule has 1 aliphatic rings. The first-order valence-corrected chi connectivity index (χ1v) is 5.51. The number of piperazine rings is 1. The number of urea groups is 1. The van der Waals surface area contributed by atoms with Crippen molar-refractivity contribution in [1.29, 1.82) is 0 Å². The minimum Gasteiger partial charge on any atom is -0.466 e. The maximum atomic E-state index is 11.6. The van der Waals surface area contributed by atoms with Gasteiger partial charge < -0.3 is 20.3 Å². The Balaban J connectivity index is 2.70. The van der Waals surface area contributed by atoms with Crippen molar-refractivity contribution in [3.05, 3.63) is 0 Å². The fourth-order valence-corrected chi connectivity index (χ4v) is 1.68. The second-order valence-corrected chi connectivity index (χ2v) is 3.56. The summed E-state index contributed by atoms with van der Waals surface area (Å²) < 4.78 is 4.78. The Morgan fingerprint density at radius 3 is 2.88 bits per heavy atom. The van der Waals surface area contributed by atoms with Crippen LogP contribution in [0.3, 0.4) is 0 Å². The third-order valence-corrected chi connectivity index (χ3v) is 2.47. The lowest BCUT2D eigenvalue weighted by Crippen LogP contribution is -2.59. The average Bonchev–Trinajstić information content (AvgIpc) is 2.31. The van der Waals surface area contributed by atoms with Gasteiger partial charge in [0.15, 0.2) is 0 Å². The van der Waals surface area contributed by atoms with Gasteiger partial charge in [0.2, 0.25) is 5.91 Å². The summed E-state index contributed by atoms with van der Waals surface area (Å²) in [6.07, 6.45) is -0.118. The molecule has 0 saturated carbocycles. The van der Waals surface area contributed by atoms with Crippen LogP contribution in [0.4, 0.5) is 4.79 Å². The van der Waals surface area contributed by atoms with Gasteiger partial charge in [-0.25, -0.2) is 4.79 Å². The molecule has 1 fully saturated rings. The quantitative estimate of drug-likeness (QED) is 0.627. The van der Waals surface area contributed by atoms with Crippen LogP contribution in [0.25, 0.3) is 0 Å². The number of rotatable bonds is 3. The van der Waals surface area contributed by atoms with E-state index in [9.17, 15) is 14.4 Å². The third kappa shape index (κ3) is 3.33. The van der Waals surface area contributed by atoms with E-state index in [-0.39, 0.29) is 25.0 Å². The van der Waals surface area contributed by atoms with Gasteiger partial charge in [-0.05, 0) is 6.92 Å². The standard InChI is InChI=1S/C10H17N3O4/c1-3-17-8(14)6-7-9(15)12-4-5-13(7)10(16)11-2/h7H,3-6H2,1-2H3,(H,11,16)(H,12,15). The SMILES string of the molecule is CCOC(=O)CC1C(=O)NCCN1C(=O)NC. The van der Waals surface area contributed by atoms with Gasteiger partial charge >= 0.3 is 12.0 Å². The molecule has 1 aliphatic heterocycles. The molecule has 0 bridgehead atoms. The molecular formula is C10H17N3O4. The summed E-state index contributed by atoms with van der Waals surface area (Å²) in [5, 5.41) is 5.07. The van der Waals surface area contributed by atoms with Gasteiger partial charge in [-0.3, -0.25) is 9.59 Å². The van der Waals surface area contributed by atoms with E-state index in [0.29, 0.717) is 13.1 Å². The lowest BCUT2D eigenvalue weighted by atomic mass is 10.1. The highest BCUT2D eigenvalue weighted by Crippen LogP contribution is 2.10. The van der Waals surface area contributed by atoms with Crippen molar-refractivity contribution in [3.63, 3.8) is 0 Å². The summed E-state index contributed by atoms with van der Waals surface area (Å²) in [6.45, 7) is 2.73. The van der Waals surface area contributed by atoms with Crippen molar-refractivity contribution in [2.75, 3.05) is 26.7 Å². The molecule has 1 saturated heterocycles. The Hall–Kier alpha value is -1.79. The molecule has 1 atom stereocenters. The Bertz CT molecular complexity index is 319. The van der Waals surface area contributed by atoms with Crippen molar-refractivity contribution in [3.8, 4) is 0 Å². The molecular weight excluding hydrogens is 226 g/mol. The lowest BCUT2D eigenvalue weighted by molar-refractivity contribution is -0.147. The molecule has 0 aromatic heterocycles. The molecule has 2 N–H and O–H groups in total. The zero-order valence-electron chi connectivity index (χ0n) is 9.99. The molecule has 96 valence electrons. The molecule has 0 radical (unpaired) electrons. The number of carbonyl (C=O) groups is 3. The van der Waals surface area contributed by atoms with Gasteiger partial charge in [-0.1, -0.05) is 0 Å². The first-order valence-electron chi connectivity index (χ1n) is 5.51. The van der Waals surface area contributed by atoms with E-state index in [1.807, 2.05) is 0 Å². The highest BCUT2D eigenvalue weighted by Gasteiger charge is 2.34. The zero-order chi connectivity index (χ0) is 12.8. The number of amides is 3. The first-order chi connectivity index (χ1) is 8.10. The number of esters is 1. The molecule has 0 aliphatic carbocycles. The molecule has 0 spiro atoms. The Labute approximate surface area is 99.5 Å². The van der Waals surface area contributed by atoms with Crippen molar-refractivity contribution in [2.24, 2.45) is 0 Å². The summed E-state index contributed by atoms with van der Waals surface area (Å²) in [5.74, 6) is -0.809. The summed E-state index contributed by atoms with van der Waals surface area (Å²) in [7, 11) is 1.48. The van der Waals surface area contributed by atoms with E-state index in [1.54, 1.807) is 6.92 Å². The number of hydrogen-bond donors (Lipinski definition) is 2. The van der Waals surface area contributed by atoms with Crippen LogP contribution in [-0.2, 0) is 14.3 Å². The zero-order valence-corrected chi connectivity index (χ0v) is 9.99. The first kappa shape index (κ1) is 13.3. The fraction of sp³-hybridized carbons (Fsp3) is 0.700. The minimum absolute atomic E-state index is 0.118. The summed E-state index contributed by atoms with van der Waals surface area (Å²) in [5.41, 5.74) is 0. The molecule has 1 unspecified atom stereocenters. The normalized spacial score (nSPS) is 19.5. The number of carbonyl (C=O) groups excluding carboxylic acids is 3. The smallest absolute Gasteiger partial charge is 0.317 e. The largest absolute Gasteiger partial charge is 0.466 e. The van der Waals surface area contributed by atoms with Crippen LogP contribution in [-0.4, -0.2) is 55.6 Å². The maximum absolute atomic E-state index is 11.6. The predicted molar refractivity (Wildman–Crippen MR) is 59.2 cm³/mol. The highest BCUT2D eigenvalue weighted by atomic mass is 16.5. The van der Waals surface area contributed by atoms with Gasteiger partial charge in [-0.2, -0.15) is 0 Å². The van der Waals surface area contributed by atoms with Crippen LogP contribution in [0.2, 0.25) is 0 Å². The Kier molecular flexibility index (Phi) is 4.74. The minimum atomic E-state index is -0.789.